The van der Waals surface area contributed by atoms with Crippen LogP contribution < -0.4 is 16.8 Å². The SMILES string of the molecule is N#CN=C(N)N.O[C@@H]1CCNC1. The highest BCUT2D eigenvalue weighted by Crippen LogP contribution is 1.93. The molecule has 0 aromatic heterocycles. The molecule has 1 atom stereocenters. The largest absolute Gasteiger partial charge is 0.392 e. The predicted molar refractivity (Wildman–Crippen MR) is 44.9 cm³/mol. The summed E-state index contributed by atoms with van der Waals surface area (Å²) < 4.78 is 0. The topological polar surface area (TPSA) is 120 Å². The van der Waals surface area contributed by atoms with Gasteiger partial charge in [-0.2, -0.15) is 5.26 Å². The fraction of sp³-hybridized carbons (Fsp3) is 0.667. The number of rotatable bonds is 0. The number of nitrogens with two attached hydrogens (primary N) is 2. The average molecular weight is 171 g/mol. The summed E-state index contributed by atoms with van der Waals surface area (Å²) in [5.41, 5.74) is 9.42. The van der Waals surface area contributed by atoms with Gasteiger partial charge in [-0.05, 0) is 13.0 Å². The molecule has 12 heavy (non-hydrogen) atoms. The highest BCUT2D eigenvalue weighted by atomic mass is 16.3. The Morgan fingerprint density at radius 2 is 2.33 bits per heavy atom. The second-order valence-electron chi connectivity index (χ2n) is 2.28. The van der Waals surface area contributed by atoms with Crippen LogP contribution in [0.1, 0.15) is 6.42 Å². The maximum atomic E-state index is 8.67. The van der Waals surface area contributed by atoms with E-state index < -0.39 is 0 Å². The Labute approximate surface area is 70.9 Å². The lowest BCUT2D eigenvalue weighted by Gasteiger charge is -1.90. The number of hydrogen-bond donors (Lipinski definition) is 4. The minimum atomic E-state index is -0.197. The minimum Gasteiger partial charge on any atom is -0.392 e. The average Bonchev–Trinajstić information content (AvgIpc) is 2.40. The molecule has 0 unspecified atom stereocenters. The van der Waals surface area contributed by atoms with Crippen molar-refractivity contribution in [3.63, 3.8) is 0 Å². The fourth-order valence-electron chi connectivity index (χ4n) is 0.697. The number of hydrogen-bond acceptors (Lipinski definition) is 4. The molecule has 0 amide bonds. The van der Waals surface area contributed by atoms with Gasteiger partial charge in [0, 0.05) is 6.54 Å². The van der Waals surface area contributed by atoms with E-state index in [1.165, 1.54) is 6.19 Å². The molecule has 1 aliphatic heterocycles. The van der Waals surface area contributed by atoms with Gasteiger partial charge < -0.3 is 21.9 Å². The summed E-state index contributed by atoms with van der Waals surface area (Å²) in [6.07, 6.45) is 2.27. The quantitative estimate of drug-likeness (QED) is 0.192. The third-order valence-electron chi connectivity index (χ3n) is 1.21. The molecule has 6 heteroatoms. The lowest BCUT2D eigenvalue weighted by atomic mass is 10.3. The number of nitrogens with zero attached hydrogens (tertiary/aromatic N) is 2. The van der Waals surface area contributed by atoms with Gasteiger partial charge in [0.15, 0.2) is 0 Å². The molecule has 1 saturated heterocycles. The zero-order valence-electron chi connectivity index (χ0n) is 6.70. The highest BCUT2D eigenvalue weighted by Gasteiger charge is 2.08. The number of β-amino-alcohol motifs (C(OH)–C–C–N with tert-alkyl or cyclic N) is 1. The molecule has 0 spiro atoms. The van der Waals surface area contributed by atoms with E-state index in [0.717, 1.165) is 19.5 Å². The van der Waals surface area contributed by atoms with Gasteiger partial charge >= 0.3 is 0 Å². The maximum absolute atomic E-state index is 8.67. The van der Waals surface area contributed by atoms with Crippen LogP contribution in [0.5, 0.6) is 0 Å². The first kappa shape index (κ1) is 10.7. The molecule has 0 aliphatic carbocycles. The number of nitrogens with one attached hydrogen (secondary N) is 1. The van der Waals surface area contributed by atoms with Crippen molar-refractivity contribution in [2.75, 3.05) is 13.1 Å². The summed E-state index contributed by atoms with van der Waals surface area (Å²) in [5.74, 6) is -0.197. The molecular formula is C6H13N5O. The van der Waals surface area contributed by atoms with Gasteiger partial charge in [0.2, 0.25) is 12.2 Å². The van der Waals surface area contributed by atoms with E-state index in [0.29, 0.717) is 0 Å². The maximum Gasteiger partial charge on any atom is 0.209 e. The summed E-state index contributed by atoms with van der Waals surface area (Å²) in [7, 11) is 0. The van der Waals surface area contributed by atoms with E-state index in [-0.39, 0.29) is 12.1 Å². The Morgan fingerprint density at radius 3 is 2.42 bits per heavy atom. The van der Waals surface area contributed by atoms with Crippen LogP contribution in [0, 0.1) is 11.5 Å². The third-order valence-corrected chi connectivity index (χ3v) is 1.21. The summed E-state index contributed by atoms with van der Waals surface area (Å²) in [6, 6.07) is 0. The van der Waals surface area contributed by atoms with Crippen LogP contribution >= 0.6 is 0 Å². The van der Waals surface area contributed by atoms with Gasteiger partial charge in [-0.1, -0.05) is 0 Å². The van der Waals surface area contributed by atoms with Gasteiger partial charge in [0.1, 0.15) is 0 Å². The number of aliphatic hydroxyl groups excluding tert-OH is 1. The van der Waals surface area contributed by atoms with Crippen molar-refractivity contribution in [1.82, 2.24) is 5.32 Å². The number of nitriles is 1. The Hall–Kier alpha value is -1.32. The molecule has 0 aromatic carbocycles. The van der Waals surface area contributed by atoms with Gasteiger partial charge in [-0.3, -0.25) is 0 Å². The normalized spacial score (nSPS) is 20.2. The molecule has 6 N–H and O–H groups in total. The summed E-state index contributed by atoms with van der Waals surface area (Å²) in [4.78, 5) is 2.90. The molecular weight excluding hydrogens is 158 g/mol. The summed E-state index contributed by atoms with van der Waals surface area (Å²) in [6.45, 7) is 1.78. The van der Waals surface area contributed by atoms with Crippen molar-refractivity contribution < 1.29 is 5.11 Å². The molecule has 1 fully saturated rings. The Balaban J connectivity index is 0.000000202. The fourth-order valence-corrected chi connectivity index (χ4v) is 0.697. The molecule has 0 radical (unpaired) electrons. The van der Waals surface area contributed by atoms with E-state index in [9.17, 15) is 0 Å². The van der Waals surface area contributed by atoms with E-state index in [1.807, 2.05) is 0 Å². The second-order valence-corrected chi connectivity index (χ2v) is 2.28. The Kier molecular flexibility index (Phi) is 5.69. The zero-order valence-corrected chi connectivity index (χ0v) is 6.70. The third kappa shape index (κ3) is 6.80. The van der Waals surface area contributed by atoms with Crippen LogP contribution in [0.2, 0.25) is 0 Å². The monoisotopic (exact) mass is 171 g/mol. The van der Waals surface area contributed by atoms with Crippen molar-refractivity contribution in [3.8, 4) is 6.19 Å². The molecule has 1 aliphatic rings. The smallest absolute Gasteiger partial charge is 0.209 e. The first-order chi connectivity index (χ1) is 5.66. The van der Waals surface area contributed by atoms with E-state index in [2.05, 4.69) is 10.3 Å². The van der Waals surface area contributed by atoms with Gasteiger partial charge in [0.05, 0.1) is 6.10 Å². The molecule has 0 bridgehead atoms. The highest BCUT2D eigenvalue weighted by molar-refractivity contribution is 5.76. The van der Waals surface area contributed by atoms with Crippen LogP contribution in [0.3, 0.4) is 0 Å². The Morgan fingerprint density at radius 1 is 1.67 bits per heavy atom. The molecule has 6 nitrogen and oxygen atoms in total. The standard InChI is InChI=1S/C4H9NO.C2H4N4/c6-4-1-2-5-3-4;3-1-6-2(4)5/h4-6H,1-3H2;(H4,4,5,6)/t4-;/m1./s1. The number of aliphatic hydroxyl groups is 1. The van der Waals surface area contributed by atoms with Crippen LogP contribution in [-0.2, 0) is 0 Å². The van der Waals surface area contributed by atoms with Crippen molar-refractivity contribution >= 4 is 5.96 Å². The van der Waals surface area contributed by atoms with Crippen molar-refractivity contribution in [2.24, 2.45) is 16.5 Å². The van der Waals surface area contributed by atoms with Gasteiger partial charge in [-0.15, -0.1) is 4.99 Å². The van der Waals surface area contributed by atoms with Gasteiger partial charge in [-0.25, -0.2) is 0 Å². The predicted octanol–water partition coefficient (Wildman–Crippen LogP) is -1.92. The number of aliphatic imine (C=N–C) groups is 1. The Bertz CT molecular complexity index is 175. The van der Waals surface area contributed by atoms with Crippen LogP contribution in [0.25, 0.3) is 0 Å². The van der Waals surface area contributed by atoms with Crippen LogP contribution in [0.4, 0.5) is 0 Å². The molecule has 0 aromatic rings. The summed E-state index contributed by atoms with van der Waals surface area (Å²) >= 11 is 0. The lowest BCUT2D eigenvalue weighted by molar-refractivity contribution is 0.196. The molecule has 0 saturated carbocycles. The minimum absolute atomic E-state index is 0.0648. The zero-order chi connectivity index (χ0) is 9.40. The van der Waals surface area contributed by atoms with Crippen molar-refractivity contribution in [3.05, 3.63) is 0 Å². The second kappa shape index (κ2) is 6.39. The molecule has 1 rings (SSSR count). The first-order valence-corrected chi connectivity index (χ1v) is 3.53. The van der Waals surface area contributed by atoms with Crippen molar-refractivity contribution in [2.45, 2.75) is 12.5 Å². The molecule has 1 heterocycles. The number of guanidine groups is 1. The molecule has 68 valence electrons. The van der Waals surface area contributed by atoms with Crippen LogP contribution in [-0.4, -0.2) is 30.3 Å². The van der Waals surface area contributed by atoms with E-state index >= 15 is 0 Å². The van der Waals surface area contributed by atoms with Gasteiger partial charge in [0.25, 0.3) is 0 Å². The van der Waals surface area contributed by atoms with E-state index in [4.69, 9.17) is 21.8 Å². The lowest BCUT2D eigenvalue weighted by Crippen LogP contribution is -2.21. The van der Waals surface area contributed by atoms with Crippen molar-refractivity contribution in [1.29, 1.82) is 5.26 Å². The van der Waals surface area contributed by atoms with Crippen LogP contribution in [0.15, 0.2) is 4.99 Å². The summed E-state index contributed by atoms with van der Waals surface area (Å²) in [5, 5.41) is 19.3. The van der Waals surface area contributed by atoms with E-state index in [1.54, 1.807) is 0 Å². The first-order valence-electron chi connectivity index (χ1n) is 3.53.